The predicted molar refractivity (Wildman–Crippen MR) is 88.6 cm³/mol. The van der Waals surface area contributed by atoms with Crippen LogP contribution in [0.25, 0.3) is 0 Å². The van der Waals surface area contributed by atoms with E-state index >= 15 is 0 Å². The number of aromatic hydroxyl groups is 3. The molecule has 26 heavy (non-hydrogen) atoms. The fraction of sp³-hybridized carbons (Fsp3) is 0.263. The Labute approximate surface area is 147 Å². The highest BCUT2D eigenvalue weighted by atomic mass is 16.3. The van der Waals surface area contributed by atoms with Crippen molar-refractivity contribution in [2.24, 2.45) is 0 Å². The zero-order valence-electron chi connectivity index (χ0n) is 13.8. The first-order chi connectivity index (χ1) is 12.2. The molecule has 0 aromatic heterocycles. The molecule has 7 nitrogen and oxygen atoms in total. The van der Waals surface area contributed by atoms with Crippen LogP contribution < -0.4 is 0 Å². The zero-order chi connectivity index (χ0) is 19.0. The Hall–Kier alpha value is -2.90. The van der Waals surface area contributed by atoms with Crippen LogP contribution in [0.1, 0.15) is 62.4 Å². The van der Waals surface area contributed by atoms with E-state index in [0.717, 1.165) is 0 Å². The minimum Gasteiger partial charge on any atom is -0.507 e. The molecule has 0 heterocycles. The Kier molecular flexibility index (Phi) is 3.22. The van der Waals surface area contributed by atoms with Crippen molar-refractivity contribution in [2.45, 2.75) is 31.5 Å². The third kappa shape index (κ3) is 1.89. The van der Waals surface area contributed by atoms with Gasteiger partial charge in [-0.15, -0.1) is 0 Å². The van der Waals surface area contributed by atoms with Crippen molar-refractivity contribution in [2.75, 3.05) is 0 Å². The minimum atomic E-state index is -1.55. The van der Waals surface area contributed by atoms with Gasteiger partial charge in [0.1, 0.15) is 23.4 Å². The van der Waals surface area contributed by atoms with E-state index in [4.69, 9.17) is 0 Å². The van der Waals surface area contributed by atoms with Crippen molar-refractivity contribution in [3.63, 3.8) is 0 Å². The highest BCUT2D eigenvalue weighted by Gasteiger charge is 2.45. The minimum absolute atomic E-state index is 0.0942. The van der Waals surface area contributed by atoms with Crippen molar-refractivity contribution in [3.8, 4) is 17.2 Å². The summed E-state index contributed by atoms with van der Waals surface area (Å²) in [5, 5.41) is 52.0. The molecule has 2 aromatic rings. The van der Waals surface area contributed by atoms with Crippen LogP contribution in [0.3, 0.4) is 0 Å². The highest BCUT2D eigenvalue weighted by Crippen LogP contribution is 2.51. The lowest BCUT2D eigenvalue weighted by Gasteiger charge is -2.37. The number of carbonyl (C=O) groups excluding carboxylic acids is 2. The number of carbonyl (C=O) groups is 2. The van der Waals surface area contributed by atoms with Gasteiger partial charge in [0.2, 0.25) is 5.78 Å². The molecule has 0 spiro atoms. The van der Waals surface area contributed by atoms with Gasteiger partial charge in [-0.05, 0) is 25.8 Å². The Bertz CT molecular complexity index is 1000. The van der Waals surface area contributed by atoms with E-state index in [-0.39, 0.29) is 35.1 Å². The molecule has 7 heteroatoms. The fourth-order valence-electron chi connectivity index (χ4n) is 3.84. The number of hydrogen-bond acceptors (Lipinski definition) is 7. The lowest BCUT2D eigenvalue weighted by molar-refractivity contribution is -0.0763. The average Bonchev–Trinajstić information content (AvgIpc) is 2.58. The van der Waals surface area contributed by atoms with E-state index in [1.807, 2.05) is 0 Å². The van der Waals surface area contributed by atoms with Gasteiger partial charge in [0, 0.05) is 16.7 Å². The van der Waals surface area contributed by atoms with Crippen molar-refractivity contribution in [1.82, 2.24) is 0 Å². The van der Waals surface area contributed by atoms with Crippen molar-refractivity contribution in [1.29, 1.82) is 0 Å². The molecule has 0 saturated carbocycles. The number of fused-ring (bicyclic) bond motifs is 3. The maximum absolute atomic E-state index is 12.9. The Morgan fingerprint density at radius 1 is 1.00 bits per heavy atom. The van der Waals surface area contributed by atoms with Crippen molar-refractivity contribution >= 4 is 11.6 Å². The summed E-state index contributed by atoms with van der Waals surface area (Å²) in [5.74, 6) is -3.08. The van der Waals surface area contributed by atoms with Crippen LogP contribution in [0.15, 0.2) is 18.2 Å². The third-order valence-corrected chi connectivity index (χ3v) is 5.30. The molecule has 2 unspecified atom stereocenters. The van der Waals surface area contributed by atoms with Gasteiger partial charge in [-0.25, -0.2) is 0 Å². The molecule has 134 valence electrons. The molecular weight excluding hydrogens is 340 g/mol. The molecule has 0 bridgehead atoms. The molecule has 2 aliphatic carbocycles. The Morgan fingerprint density at radius 3 is 2.35 bits per heavy atom. The summed E-state index contributed by atoms with van der Waals surface area (Å²) in [5.41, 5.74) is -2.75. The van der Waals surface area contributed by atoms with E-state index in [2.05, 4.69) is 0 Å². The average molecular weight is 356 g/mol. The lowest BCUT2D eigenvalue weighted by Crippen LogP contribution is -2.38. The number of aliphatic hydroxyl groups excluding tert-OH is 1. The standard InChI is InChI=1S/C19H16O7/c1-19(26)6-5-8-11(18(19)25)17(24)13-12(15(8)22)16(23)10-7(14(13)21)3-2-4-9(10)20/h2-4,18,20,22,24-26H,5-6H2,1H3. The van der Waals surface area contributed by atoms with Crippen LogP contribution in [-0.4, -0.2) is 42.7 Å². The smallest absolute Gasteiger partial charge is 0.202 e. The van der Waals surface area contributed by atoms with Gasteiger partial charge in [-0.2, -0.15) is 0 Å². The first-order valence-corrected chi connectivity index (χ1v) is 8.09. The number of benzene rings is 2. The first kappa shape index (κ1) is 16.6. The molecule has 2 aromatic carbocycles. The Balaban J connectivity index is 2.08. The van der Waals surface area contributed by atoms with Crippen LogP contribution in [0.2, 0.25) is 0 Å². The summed E-state index contributed by atoms with van der Waals surface area (Å²) in [4.78, 5) is 25.7. The van der Waals surface area contributed by atoms with Gasteiger partial charge in [-0.3, -0.25) is 9.59 Å². The summed E-state index contributed by atoms with van der Waals surface area (Å²) >= 11 is 0. The SMILES string of the molecule is CC1(O)CCc2c(O)c3c(c(O)c2C1O)C(=O)c1cccc(O)c1C3=O. The second-order valence-corrected chi connectivity index (χ2v) is 6.96. The van der Waals surface area contributed by atoms with Crippen molar-refractivity contribution in [3.05, 3.63) is 51.6 Å². The van der Waals surface area contributed by atoms with E-state index in [1.165, 1.54) is 25.1 Å². The van der Waals surface area contributed by atoms with Gasteiger partial charge in [0.05, 0.1) is 22.3 Å². The molecule has 0 fully saturated rings. The van der Waals surface area contributed by atoms with Crippen LogP contribution in [-0.2, 0) is 6.42 Å². The Morgan fingerprint density at radius 2 is 1.65 bits per heavy atom. The fourth-order valence-corrected chi connectivity index (χ4v) is 3.84. The maximum atomic E-state index is 12.9. The van der Waals surface area contributed by atoms with E-state index in [9.17, 15) is 35.1 Å². The molecule has 4 rings (SSSR count). The monoisotopic (exact) mass is 356 g/mol. The second kappa shape index (κ2) is 5.06. The van der Waals surface area contributed by atoms with Crippen LogP contribution >= 0.6 is 0 Å². The highest BCUT2D eigenvalue weighted by molar-refractivity contribution is 6.31. The quantitative estimate of drug-likeness (QED) is 0.383. The normalized spacial score (nSPS) is 24.0. The predicted octanol–water partition coefficient (Wildman–Crippen LogP) is 1.31. The maximum Gasteiger partial charge on any atom is 0.202 e. The summed E-state index contributed by atoms with van der Waals surface area (Å²) in [6, 6.07) is 3.98. The van der Waals surface area contributed by atoms with E-state index in [0.29, 0.717) is 0 Å². The lowest BCUT2D eigenvalue weighted by atomic mass is 9.73. The first-order valence-electron chi connectivity index (χ1n) is 8.09. The molecule has 0 saturated heterocycles. The molecule has 5 N–H and O–H groups in total. The van der Waals surface area contributed by atoms with E-state index in [1.54, 1.807) is 0 Å². The van der Waals surface area contributed by atoms with Crippen molar-refractivity contribution < 1.29 is 35.1 Å². The molecule has 2 atom stereocenters. The molecule has 2 aliphatic rings. The summed E-state index contributed by atoms with van der Waals surface area (Å²) in [7, 11) is 0. The molecule has 0 amide bonds. The van der Waals surface area contributed by atoms with E-state index < -0.39 is 51.6 Å². The summed E-state index contributed by atoms with van der Waals surface area (Å²) < 4.78 is 0. The number of rotatable bonds is 0. The number of aliphatic hydroxyl groups is 2. The zero-order valence-corrected chi connectivity index (χ0v) is 13.8. The van der Waals surface area contributed by atoms with Gasteiger partial charge >= 0.3 is 0 Å². The number of phenolic OH excluding ortho intramolecular Hbond substituents is 3. The summed E-state index contributed by atoms with van der Waals surface area (Å²) in [6.45, 7) is 1.39. The molecular formula is C19H16O7. The number of ketones is 2. The second-order valence-electron chi connectivity index (χ2n) is 6.96. The summed E-state index contributed by atoms with van der Waals surface area (Å²) in [6.07, 6.45) is -1.34. The molecule has 0 radical (unpaired) electrons. The van der Waals surface area contributed by atoms with Gasteiger partial charge in [0.25, 0.3) is 0 Å². The largest absolute Gasteiger partial charge is 0.507 e. The number of phenols is 3. The number of hydrogen-bond donors (Lipinski definition) is 5. The molecule has 0 aliphatic heterocycles. The topological polar surface area (TPSA) is 135 Å². The van der Waals surface area contributed by atoms with Gasteiger partial charge in [-0.1, -0.05) is 12.1 Å². The van der Waals surface area contributed by atoms with Crippen LogP contribution in [0.5, 0.6) is 17.2 Å². The van der Waals surface area contributed by atoms with Crippen LogP contribution in [0, 0.1) is 0 Å². The van der Waals surface area contributed by atoms with Gasteiger partial charge < -0.3 is 25.5 Å². The third-order valence-electron chi connectivity index (χ3n) is 5.30. The van der Waals surface area contributed by atoms with Crippen LogP contribution in [0.4, 0.5) is 0 Å². The van der Waals surface area contributed by atoms with Gasteiger partial charge in [0.15, 0.2) is 5.78 Å².